The van der Waals surface area contributed by atoms with Gasteiger partial charge < -0.3 is 15.2 Å². The number of nitrogens with zero attached hydrogens (tertiary/aromatic N) is 1. The van der Waals surface area contributed by atoms with Crippen LogP contribution < -0.4 is 5.32 Å². The van der Waals surface area contributed by atoms with Gasteiger partial charge in [-0.3, -0.25) is 9.59 Å². The van der Waals surface area contributed by atoms with Crippen LogP contribution in [0.4, 0.5) is 0 Å². The van der Waals surface area contributed by atoms with E-state index >= 15 is 0 Å². The van der Waals surface area contributed by atoms with Crippen molar-refractivity contribution in [2.75, 3.05) is 19.6 Å². The number of aryl methyl sites for hydroxylation is 1. The number of likely N-dealkylation sites (tertiary alicyclic amines) is 1. The van der Waals surface area contributed by atoms with Crippen LogP contribution in [-0.4, -0.2) is 41.3 Å². The highest BCUT2D eigenvalue weighted by Gasteiger charge is 2.17. The molecule has 0 radical (unpaired) electrons. The van der Waals surface area contributed by atoms with Gasteiger partial charge in [-0.25, -0.2) is 0 Å². The van der Waals surface area contributed by atoms with Gasteiger partial charge in [0.2, 0.25) is 11.8 Å². The van der Waals surface area contributed by atoms with E-state index in [2.05, 4.69) is 16.4 Å². The number of amides is 2. The van der Waals surface area contributed by atoms with E-state index in [0.717, 1.165) is 37.0 Å². The smallest absolute Gasteiger partial charge is 0.224 e. The molecule has 122 valence electrons. The maximum atomic E-state index is 11.9. The molecule has 0 unspecified atom stereocenters. The van der Waals surface area contributed by atoms with Gasteiger partial charge in [0.1, 0.15) is 0 Å². The summed E-state index contributed by atoms with van der Waals surface area (Å²) in [5.74, 6) is 0.156. The summed E-state index contributed by atoms with van der Waals surface area (Å²) in [7, 11) is 0. The van der Waals surface area contributed by atoms with E-state index in [4.69, 9.17) is 0 Å². The van der Waals surface area contributed by atoms with E-state index in [9.17, 15) is 9.59 Å². The van der Waals surface area contributed by atoms with E-state index in [-0.39, 0.29) is 11.8 Å². The summed E-state index contributed by atoms with van der Waals surface area (Å²) in [6.45, 7) is 2.17. The zero-order valence-electron chi connectivity index (χ0n) is 13.3. The number of hydrogen-bond donors (Lipinski definition) is 2. The molecule has 2 heterocycles. The highest BCUT2D eigenvalue weighted by atomic mass is 16.2. The number of fused-ring (bicyclic) bond motifs is 1. The summed E-state index contributed by atoms with van der Waals surface area (Å²) in [6.07, 6.45) is 5.72. The molecular weight excluding hydrogens is 290 g/mol. The second-order valence-electron chi connectivity index (χ2n) is 6.05. The van der Waals surface area contributed by atoms with Crippen LogP contribution in [0.5, 0.6) is 0 Å². The van der Waals surface area contributed by atoms with Crippen LogP contribution in [0.15, 0.2) is 30.5 Å². The third-order valence-corrected chi connectivity index (χ3v) is 4.42. The Morgan fingerprint density at radius 2 is 1.91 bits per heavy atom. The van der Waals surface area contributed by atoms with Gasteiger partial charge in [0.05, 0.1) is 0 Å². The van der Waals surface area contributed by atoms with Gasteiger partial charge >= 0.3 is 0 Å². The van der Waals surface area contributed by atoms with Crippen LogP contribution in [0.1, 0.15) is 31.2 Å². The first-order valence-electron chi connectivity index (χ1n) is 8.33. The molecule has 1 saturated heterocycles. The van der Waals surface area contributed by atoms with Crippen LogP contribution in [0.25, 0.3) is 10.9 Å². The van der Waals surface area contributed by atoms with E-state index in [0.29, 0.717) is 25.8 Å². The second-order valence-corrected chi connectivity index (χ2v) is 6.05. The molecule has 0 bridgehead atoms. The normalized spacial score (nSPS) is 14.3. The average Bonchev–Trinajstić information content (AvgIpc) is 3.23. The van der Waals surface area contributed by atoms with Crippen molar-refractivity contribution >= 4 is 22.7 Å². The van der Waals surface area contributed by atoms with Crippen molar-refractivity contribution < 1.29 is 9.59 Å². The van der Waals surface area contributed by atoms with Crippen LogP contribution in [-0.2, 0) is 16.0 Å². The molecular formula is C18H23N3O2. The summed E-state index contributed by atoms with van der Waals surface area (Å²) < 4.78 is 0. The molecule has 0 spiro atoms. The quantitative estimate of drug-likeness (QED) is 0.859. The molecule has 5 nitrogen and oxygen atoms in total. The molecule has 0 aliphatic carbocycles. The van der Waals surface area contributed by atoms with Crippen molar-refractivity contribution in [1.29, 1.82) is 0 Å². The Hall–Kier alpha value is -2.30. The number of carbonyl (C=O) groups is 2. The highest BCUT2D eigenvalue weighted by Crippen LogP contribution is 2.18. The summed E-state index contributed by atoms with van der Waals surface area (Å²) in [5.41, 5.74) is 2.25. The molecule has 2 aromatic rings. The molecule has 2 N–H and O–H groups in total. The number of aromatic amines is 1. The van der Waals surface area contributed by atoms with E-state index in [1.54, 1.807) is 0 Å². The molecule has 3 rings (SSSR count). The van der Waals surface area contributed by atoms with E-state index in [1.165, 1.54) is 5.39 Å². The first-order valence-corrected chi connectivity index (χ1v) is 8.33. The minimum atomic E-state index is 0.00417. The van der Waals surface area contributed by atoms with Crippen LogP contribution in [0.2, 0.25) is 0 Å². The van der Waals surface area contributed by atoms with Crippen molar-refractivity contribution in [2.45, 2.75) is 32.1 Å². The second kappa shape index (κ2) is 7.31. The van der Waals surface area contributed by atoms with Crippen molar-refractivity contribution in [3.05, 3.63) is 36.0 Å². The Balaban J connectivity index is 1.40. The van der Waals surface area contributed by atoms with Crippen LogP contribution in [0, 0.1) is 0 Å². The third kappa shape index (κ3) is 3.92. The lowest BCUT2D eigenvalue weighted by molar-refractivity contribution is -0.130. The van der Waals surface area contributed by atoms with E-state index in [1.807, 2.05) is 29.3 Å². The zero-order chi connectivity index (χ0) is 16.1. The Kier molecular flexibility index (Phi) is 4.95. The molecule has 2 amide bonds. The third-order valence-electron chi connectivity index (χ3n) is 4.42. The largest absolute Gasteiger partial charge is 0.361 e. The van der Waals surface area contributed by atoms with E-state index < -0.39 is 0 Å². The first-order chi connectivity index (χ1) is 11.2. The summed E-state index contributed by atoms with van der Waals surface area (Å²) in [5, 5.41) is 4.02. The van der Waals surface area contributed by atoms with Crippen LogP contribution >= 0.6 is 0 Å². The number of nitrogens with one attached hydrogen (secondary N) is 2. The van der Waals surface area contributed by atoms with Gasteiger partial charge in [-0.05, 0) is 30.9 Å². The maximum absolute atomic E-state index is 11.9. The number of H-pyrrole nitrogens is 1. The highest BCUT2D eigenvalue weighted by molar-refractivity contribution is 5.84. The monoisotopic (exact) mass is 313 g/mol. The fourth-order valence-corrected chi connectivity index (χ4v) is 3.11. The summed E-state index contributed by atoms with van der Waals surface area (Å²) in [6, 6.07) is 8.09. The number of para-hydroxylation sites is 1. The summed E-state index contributed by atoms with van der Waals surface area (Å²) in [4.78, 5) is 28.9. The number of benzene rings is 1. The Morgan fingerprint density at radius 3 is 2.74 bits per heavy atom. The predicted octanol–water partition coefficient (Wildman–Crippen LogP) is 2.23. The minimum Gasteiger partial charge on any atom is -0.361 e. The lowest BCUT2D eigenvalue weighted by atomic mass is 10.1. The van der Waals surface area contributed by atoms with Crippen molar-refractivity contribution in [2.24, 2.45) is 0 Å². The molecule has 0 saturated carbocycles. The number of carbonyl (C=O) groups excluding carboxylic acids is 2. The Labute approximate surface area is 136 Å². The minimum absolute atomic E-state index is 0.00417. The molecule has 0 atom stereocenters. The van der Waals surface area contributed by atoms with Gasteiger partial charge in [0, 0.05) is 49.6 Å². The number of hydrogen-bond acceptors (Lipinski definition) is 2. The Morgan fingerprint density at radius 1 is 1.13 bits per heavy atom. The molecule has 1 fully saturated rings. The standard InChI is InChI=1S/C18H23N3O2/c22-17(19-10-9-18(23)21-11-3-4-12-21)8-7-14-13-20-16-6-2-1-5-15(14)16/h1-2,5-6,13,20H,3-4,7-12H2,(H,19,22). The van der Waals surface area contributed by atoms with Crippen molar-refractivity contribution in [3.63, 3.8) is 0 Å². The Bertz CT molecular complexity index is 686. The van der Waals surface area contributed by atoms with Crippen LogP contribution in [0.3, 0.4) is 0 Å². The van der Waals surface area contributed by atoms with Gasteiger partial charge in [-0.2, -0.15) is 0 Å². The fourth-order valence-electron chi connectivity index (χ4n) is 3.11. The molecule has 1 aliphatic rings. The average molecular weight is 313 g/mol. The number of aromatic nitrogens is 1. The zero-order valence-corrected chi connectivity index (χ0v) is 13.3. The number of rotatable bonds is 6. The fraction of sp³-hybridized carbons (Fsp3) is 0.444. The predicted molar refractivity (Wildman–Crippen MR) is 90.1 cm³/mol. The first kappa shape index (κ1) is 15.6. The van der Waals surface area contributed by atoms with Gasteiger partial charge in [-0.15, -0.1) is 0 Å². The molecule has 1 aromatic carbocycles. The van der Waals surface area contributed by atoms with Crippen molar-refractivity contribution in [1.82, 2.24) is 15.2 Å². The molecule has 5 heteroatoms. The molecule has 23 heavy (non-hydrogen) atoms. The maximum Gasteiger partial charge on any atom is 0.224 e. The van der Waals surface area contributed by atoms with Gasteiger partial charge in [-0.1, -0.05) is 18.2 Å². The van der Waals surface area contributed by atoms with Gasteiger partial charge in [0.15, 0.2) is 0 Å². The van der Waals surface area contributed by atoms with Crippen molar-refractivity contribution in [3.8, 4) is 0 Å². The topological polar surface area (TPSA) is 65.2 Å². The SMILES string of the molecule is O=C(CCc1c[nH]c2ccccc12)NCCC(=O)N1CCCC1. The summed E-state index contributed by atoms with van der Waals surface area (Å²) >= 11 is 0. The molecule has 1 aromatic heterocycles. The van der Waals surface area contributed by atoms with Gasteiger partial charge in [0.25, 0.3) is 0 Å². The lowest BCUT2D eigenvalue weighted by Gasteiger charge is -2.15. The molecule has 1 aliphatic heterocycles. The lowest BCUT2D eigenvalue weighted by Crippen LogP contribution is -2.32.